The largest absolute Gasteiger partial charge is 0.351 e. The second kappa shape index (κ2) is 10.3. The Morgan fingerprint density at radius 3 is 2.45 bits per heavy atom. The lowest BCUT2D eigenvalue weighted by Gasteiger charge is -2.41. The molecular weight excluding hydrogens is 443 g/mol. The Labute approximate surface area is 196 Å². The number of imidazole rings is 1. The van der Waals surface area contributed by atoms with Crippen LogP contribution in [0.4, 0.5) is 4.39 Å². The molecule has 0 unspecified atom stereocenters. The van der Waals surface area contributed by atoms with E-state index in [0.29, 0.717) is 44.0 Å². The van der Waals surface area contributed by atoms with Crippen molar-refractivity contribution >= 4 is 15.9 Å². The van der Waals surface area contributed by atoms with Gasteiger partial charge in [-0.25, -0.2) is 17.8 Å². The normalized spacial score (nSPS) is 18.3. The summed E-state index contributed by atoms with van der Waals surface area (Å²) in [6.45, 7) is 6.92. The molecule has 1 saturated heterocycles. The number of carbonyl (C=O) groups excluding carboxylic acids is 1. The van der Waals surface area contributed by atoms with Gasteiger partial charge in [0.25, 0.3) is 15.9 Å². The fourth-order valence-corrected chi connectivity index (χ4v) is 5.93. The lowest BCUT2D eigenvalue weighted by atomic mass is 9.74. The monoisotopic (exact) mass is 478 g/mol. The van der Waals surface area contributed by atoms with Crippen LogP contribution in [0.2, 0.25) is 0 Å². The minimum atomic E-state index is -3.63. The molecule has 1 N–H and O–H groups in total. The Hall–Kier alpha value is -2.26. The van der Waals surface area contributed by atoms with Crippen molar-refractivity contribution in [2.24, 2.45) is 18.4 Å². The number of amides is 1. The summed E-state index contributed by atoms with van der Waals surface area (Å²) in [5.74, 6) is -0.301. The van der Waals surface area contributed by atoms with E-state index in [0.717, 1.165) is 6.42 Å². The molecule has 0 atom stereocenters. The summed E-state index contributed by atoms with van der Waals surface area (Å²) in [5, 5.41) is 3.01. The smallest absolute Gasteiger partial charge is 0.262 e. The molecule has 33 heavy (non-hydrogen) atoms. The molecule has 1 aliphatic carbocycles. The van der Waals surface area contributed by atoms with Gasteiger partial charge in [-0.05, 0) is 49.1 Å². The Balaban J connectivity index is 0.00000149. The summed E-state index contributed by atoms with van der Waals surface area (Å²) < 4.78 is 43.1. The van der Waals surface area contributed by atoms with Crippen LogP contribution in [0.15, 0.2) is 35.7 Å². The number of nitrogens with one attached hydrogen (secondary N) is 1. The topological polar surface area (TPSA) is 84.3 Å². The van der Waals surface area contributed by atoms with Gasteiger partial charge in [0.1, 0.15) is 5.82 Å². The number of sulfonamides is 1. The van der Waals surface area contributed by atoms with Crippen LogP contribution in [-0.4, -0.2) is 47.8 Å². The molecule has 4 rings (SSSR count). The quantitative estimate of drug-likeness (QED) is 0.654. The zero-order valence-electron chi connectivity index (χ0n) is 20.0. The highest BCUT2D eigenvalue weighted by Gasteiger charge is 2.42. The lowest BCUT2D eigenvalue weighted by Crippen LogP contribution is -2.48. The third-order valence-electron chi connectivity index (χ3n) is 6.56. The van der Waals surface area contributed by atoms with Crippen molar-refractivity contribution in [1.82, 2.24) is 19.2 Å². The average Bonchev–Trinajstić information content (AvgIpc) is 3.49. The minimum Gasteiger partial charge on any atom is -0.351 e. The maximum Gasteiger partial charge on any atom is 0.262 e. The molecule has 182 valence electrons. The van der Waals surface area contributed by atoms with Crippen LogP contribution in [0, 0.1) is 24.1 Å². The summed E-state index contributed by atoms with van der Waals surface area (Å²) in [5.41, 5.74) is 0.510. The highest BCUT2D eigenvalue weighted by atomic mass is 32.2. The van der Waals surface area contributed by atoms with Crippen molar-refractivity contribution < 1.29 is 17.6 Å². The van der Waals surface area contributed by atoms with Crippen molar-refractivity contribution in [3.63, 3.8) is 0 Å². The van der Waals surface area contributed by atoms with E-state index >= 15 is 0 Å². The summed E-state index contributed by atoms with van der Waals surface area (Å²) in [6.07, 6.45) is 7.63. The SMILES string of the molecule is CC.Cc1cccc(F)c1C(=O)NCC1(CC2CC2)CCN(S(=O)(=O)c2cn(C)cn2)CC1. The number of halogens is 1. The maximum atomic E-state index is 14.2. The highest BCUT2D eigenvalue weighted by Crippen LogP contribution is 2.46. The van der Waals surface area contributed by atoms with E-state index in [1.807, 2.05) is 13.8 Å². The van der Waals surface area contributed by atoms with Crippen LogP contribution >= 0.6 is 0 Å². The summed E-state index contributed by atoms with van der Waals surface area (Å²) in [6, 6.07) is 4.61. The zero-order valence-corrected chi connectivity index (χ0v) is 20.8. The number of rotatable bonds is 7. The first kappa shape index (κ1) is 25.4. The van der Waals surface area contributed by atoms with Crippen LogP contribution in [0.1, 0.15) is 61.9 Å². The summed E-state index contributed by atoms with van der Waals surface area (Å²) in [4.78, 5) is 16.7. The number of aryl methyl sites for hydroxylation is 2. The number of carbonyl (C=O) groups is 1. The third kappa shape index (κ3) is 5.81. The van der Waals surface area contributed by atoms with Gasteiger partial charge in [0.15, 0.2) is 5.03 Å². The van der Waals surface area contributed by atoms with Gasteiger partial charge in [0.2, 0.25) is 0 Å². The number of piperidine rings is 1. The Bertz CT molecular complexity index is 1050. The van der Waals surface area contributed by atoms with Crippen LogP contribution in [-0.2, 0) is 17.1 Å². The molecule has 1 aliphatic heterocycles. The standard InChI is InChI=1S/C22H29FN4O3S.C2H6/c1-16-4-3-5-18(23)20(16)21(28)24-14-22(12-17-6-7-17)8-10-27(11-9-22)31(29,30)19-13-26(2)15-25-19;1-2/h3-5,13,15,17H,6-12,14H2,1-2H3,(H,24,28);1-2H3. The van der Waals surface area contributed by atoms with E-state index in [9.17, 15) is 17.6 Å². The fraction of sp³-hybridized carbons (Fsp3) is 0.583. The van der Waals surface area contributed by atoms with Crippen LogP contribution in [0.5, 0.6) is 0 Å². The molecule has 1 amide bonds. The van der Waals surface area contributed by atoms with Gasteiger partial charge >= 0.3 is 0 Å². The minimum absolute atomic E-state index is 0.0630. The number of aromatic nitrogens is 2. The molecule has 9 heteroatoms. The van der Waals surface area contributed by atoms with Gasteiger partial charge in [-0.1, -0.05) is 38.8 Å². The van der Waals surface area contributed by atoms with Gasteiger partial charge in [-0.15, -0.1) is 0 Å². The number of benzene rings is 1. The van der Waals surface area contributed by atoms with Gasteiger partial charge in [-0.2, -0.15) is 4.31 Å². The van der Waals surface area contributed by atoms with Crippen molar-refractivity contribution in [2.45, 2.75) is 57.9 Å². The molecule has 1 aromatic carbocycles. The second-order valence-corrected chi connectivity index (χ2v) is 10.9. The molecule has 1 saturated carbocycles. The molecule has 2 aliphatic rings. The van der Waals surface area contributed by atoms with Crippen LogP contribution in [0.3, 0.4) is 0 Å². The molecule has 0 bridgehead atoms. The molecular formula is C24H35FN4O3S. The average molecular weight is 479 g/mol. The van der Waals surface area contributed by atoms with Crippen molar-refractivity contribution in [3.8, 4) is 0 Å². The molecule has 2 fully saturated rings. The molecule has 2 aromatic rings. The van der Waals surface area contributed by atoms with Crippen molar-refractivity contribution in [1.29, 1.82) is 0 Å². The molecule has 0 spiro atoms. The van der Waals surface area contributed by atoms with E-state index < -0.39 is 21.7 Å². The van der Waals surface area contributed by atoms with Gasteiger partial charge < -0.3 is 9.88 Å². The van der Waals surface area contributed by atoms with Crippen molar-refractivity contribution in [3.05, 3.63) is 47.7 Å². The van der Waals surface area contributed by atoms with E-state index in [4.69, 9.17) is 0 Å². The predicted molar refractivity (Wildman–Crippen MR) is 126 cm³/mol. The van der Waals surface area contributed by atoms with E-state index in [2.05, 4.69) is 10.3 Å². The van der Waals surface area contributed by atoms with E-state index in [1.165, 1.54) is 35.7 Å². The predicted octanol–water partition coefficient (Wildman–Crippen LogP) is 3.89. The molecule has 1 aromatic heterocycles. The Morgan fingerprint density at radius 2 is 1.91 bits per heavy atom. The fourth-order valence-electron chi connectivity index (χ4n) is 4.52. The van der Waals surface area contributed by atoms with E-state index in [-0.39, 0.29) is 16.0 Å². The summed E-state index contributed by atoms with van der Waals surface area (Å²) in [7, 11) is -1.89. The van der Waals surface area contributed by atoms with Crippen LogP contribution in [0.25, 0.3) is 0 Å². The van der Waals surface area contributed by atoms with Gasteiger partial charge in [0, 0.05) is 32.9 Å². The molecule has 0 radical (unpaired) electrons. The number of hydrogen-bond acceptors (Lipinski definition) is 4. The maximum absolute atomic E-state index is 14.2. The second-order valence-electron chi connectivity index (χ2n) is 9.04. The van der Waals surface area contributed by atoms with E-state index in [1.54, 1.807) is 30.7 Å². The highest BCUT2D eigenvalue weighted by molar-refractivity contribution is 7.89. The zero-order chi connectivity index (χ0) is 24.2. The van der Waals surface area contributed by atoms with Crippen molar-refractivity contribution in [2.75, 3.05) is 19.6 Å². The first-order valence-corrected chi connectivity index (χ1v) is 13.2. The molecule has 7 nitrogen and oxygen atoms in total. The number of nitrogens with zero attached hydrogens (tertiary/aromatic N) is 3. The third-order valence-corrected chi connectivity index (χ3v) is 8.34. The Morgan fingerprint density at radius 1 is 1.24 bits per heavy atom. The number of hydrogen-bond donors (Lipinski definition) is 1. The van der Waals surface area contributed by atoms with Gasteiger partial charge in [0.05, 0.1) is 11.9 Å². The lowest BCUT2D eigenvalue weighted by molar-refractivity contribution is 0.0867. The van der Waals surface area contributed by atoms with Crippen LogP contribution < -0.4 is 5.32 Å². The first-order valence-electron chi connectivity index (χ1n) is 11.7. The Kier molecular flexibility index (Phi) is 7.95. The first-order chi connectivity index (χ1) is 15.7. The van der Waals surface area contributed by atoms with Gasteiger partial charge in [-0.3, -0.25) is 4.79 Å². The summed E-state index contributed by atoms with van der Waals surface area (Å²) >= 11 is 0. The molecule has 2 heterocycles.